The molecular weight excluding hydrogens is 297 g/mol. The van der Waals surface area contributed by atoms with Gasteiger partial charge in [0.15, 0.2) is 0 Å². The molecule has 0 heterocycles. The van der Waals surface area contributed by atoms with Gasteiger partial charge in [0.2, 0.25) is 5.91 Å². The van der Waals surface area contributed by atoms with Gasteiger partial charge in [-0.15, -0.1) is 24.8 Å². The standard InChI is InChI=1S/C11H14ClN3O.2ClH/c12-7-1-4-9(14-8-2-3-8)10(5-7)15-11(16)6-13;;/h1,4-5,8,14H,2-3,6,13H2,(H,15,16);2*1H. The molecule has 0 bridgehead atoms. The van der Waals surface area contributed by atoms with E-state index in [9.17, 15) is 4.79 Å². The third-order valence-electron chi connectivity index (χ3n) is 2.38. The Balaban J connectivity index is 0.00000144. The van der Waals surface area contributed by atoms with E-state index in [4.69, 9.17) is 17.3 Å². The monoisotopic (exact) mass is 311 g/mol. The van der Waals surface area contributed by atoms with Gasteiger partial charge in [-0.05, 0) is 31.0 Å². The maximum absolute atomic E-state index is 11.2. The molecule has 0 aliphatic heterocycles. The van der Waals surface area contributed by atoms with Gasteiger partial charge in [0.05, 0.1) is 17.9 Å². The average molecular weight is 313 g/mol. The molecule has 1 aromatic carbocycles. The van der Waals surface area contributed by atoms with Crippen molar-refractivity contribution in [2.45, 2.75) is 18.9 Å². The van der Waals surface area contributed by atoms with E-state index in [-0.39, 0.29) is 37.3 Å². The number of hydrogen-bond acceptors (Lipinski definition) is 3. The fraction of sp³-hybridized carbons (Fsp3) is 0.364. The van der Waals surface area contributed by atoms with Gasteiger partial charge in [-0.2, -0.15) is 0 Å². The van der Waals surface area contributed by atoms with E-state index >= 15 is 0 Å². The van der Waals surface area contributed by atoms with Gasteiger partial charge < -0.3 is 16.4 Å². The molecule has 0 saturated heterocycles. The first-order valence-electron chi connectivity index (χ1n) is 5.25. The Kier molecular flexibility index (Phi) is 7.40. The Hall–Kier alpha value is -0.680. The Morgan fingerprint density at radius 2 is 2.00 bits per heavy atom. The van der Waals surface area contributed by atoms with Crippen LogP contribution in [0.4, 0.5) is 11.4 Å². The number of halogens is 3. The Morgan fingerprint density at radius 3 is 2.56 bits per heavy atom. The number of nitrogens with two attached hydrogens (primary N) is 1. The smallest absolute Gasteiger partial charge is 0.238 e. The van der Waals surface area contributed by atoms with E-state index in [1.165, 1.54) is 12.8 Å². The van der Waals surface area contributed by atoms with Crippen LogP contribution in [-0.2, 0) is 4.79 Å². The van der Waals surface area contributed by atoms with Gasteiger partial charge in [-0.1, -0.05) is 11.6 Å². The van der Waals surface area contributed by atoms with Crippen LogP contribution in [0.25, 0.3) is 0 Å². The third kappa shape index (κ3) is 4.90. The van der Waals surface area contributed by atoms with E-state index in [2.05, 4.69) is 10.6 Å². The lowest BCUT2D eigenvalue weighted by atomic mass is 10.2. The van der Waals surface area contributed by atoms with Crippen molar-refractivity contribution < 1.29 is 4.79 Å². The minimum absolute atomic E-state index is 0. The summed E-state index contributed by atoms with van der Waals surface area (Å²) < 4.78 is 0. The van der Waals surface area contributed by atoms with E-state index in [0.29, 0.717) is 16.8 Å². The lowest BCUT2D eigenvalue weighted by Crippen LogP contribution is -2.22. The van der Waals surface area contributed by atoms with E-state index in [0.717, 1.165) is 5.69 Å². The summed E-state index contributed by atoms with van der Waals surface area (Å²) >= 11 is 5.89. The molecule has 102 valence electrons. The minimum atomic E-state index is -0.221. The van der Waals surface area contributed by atoms with Crippen LogP contribution in [0.15, 0.2) is 18.2 Å². The van der Waals surface area contributed by atoms with E-state index in [1.807, 2.05) is 6.07 Å². The highest BCUT2D eigenvalue weighted by Gasteiger charge is 2.22. The summed E-state index contributed by atoms with van der Waals surface area (Å²) in [4.78, 5) is 11.2. The van der Waals surface area contributed by atoms with Crippen molar-refractivity contribution in [3.8, 4) is 0 Å². The van der Waals surface area contributed by atoms with Gasteiger partial charge in [-0.3, -0.25) is 4.79 Å². The molecule has 0 spiro atoms. The number of rotatable bonds is 4. The van der Waals surface area contributed by atoms with Gasteiger partial charge >= 0.3 is 0 Å². The highest BCUT2D eigenvalue weighted by molar-refractivity contribution is 6.31. The zero-order chi connectivity index (χ0) is 11.5. The maximum Gasteiger partial charge on any atom is 0.238 e. The molecular formula is C11H16Cl3N3O. The quantitative estimate of drug-likeness (QED) is 0.800. The molecule has 4 N–H and O–H groups in total. The molecule has 7 heteroatoms. The average Bonchev–Trinajstić information content (AvgIpc) is 3.06. The molecule has 1 aliphatic rings. The Labute approximate surface area is 123 Å². The molecule has 2 rings (SSSR count). The number of carbonyl (C=O) groups excluding carboxylic acids is 1. The lowest BCUT2D eigenvalue weighted by Gasteiger charge is -2.12. The van der Waals surface area contributed by atoms with Crippen molar-refractivity contribution in [1.29, 1.82) is 0 Å². The number of benzene rings is 1. The molecule has 18 heavy (non-hydrogen) atoms. The second kappa shape index (κ2) is 7.69. The second-order valence-corrected chi connectivity index (χ2v) is 4.30. The zero-order valence-corrected chi connectivity index (χ0v) is 12.0. The van der Waals surface area contributed by atoms with Crippen molar-refractivity contribution in [2.24, 2.45) is 5.73 Å². The highest BCUT2D eigenvalue weighted by Crippen LogP contribution is 2.31. The number of carbonyl (C=O) groups is 1. The van der Waals surface area contributed by atoms with E-state index in [1.54, 1.807) is 12.1 Å². The molecule has 0 radical (unpaired) electrons. The van der Waals surface area contributed by atoms with Crippen LogP contribution in [0.1, 0.15) is 12.8 Å². The predicted molar refractivity (Wildman–Crippen MR) is 80.3 cm³/mol. The molecule has 1 saturated carbocycles. The van der Waals surface area contributed by atoms with Gasteiger partial charge in [0.25, 0.3) is 0 Å². The Morgan fingerprint density at radius 1 is 1.33 bits per heavy atom. The molecule has 0 aromatic heterocycles. The summed E-state index contributed by atoms with van der Waals surface area (Å²) in [5, 5.41) is 6.64. The topological polar surface area (TPSA) is 67.2 Å². The highest BCUT2D eigenvalue weighted by atomic mass is 35.5. The van der Waals surface area contributed by atoms with Gasteiger partial charge in [0.1, 0.15) is 0 Å². The second-order valence-electron chi connectivity index (χ2n) is 3.86. The van der Waals surface area contributed by atoms with Gasteiger partial charge in [-0.25, -0.2) is 0 Å². The first-order valence-corrected chi connectivity index (χ1v) is 5.63. The van der Waals surface area contributed by atoms with Crippen molar-refractivity contribution in [3.63, 3.8) is 0 Å². The largest absolute Gasteiger partial charge is 0.381 e. The van der Waals surface area contributed by atoms with Crippen LogP contribution < -0.4 is 16.4 Å². The first-order chi connectivity index (χ1) is 7.69. The van der Waals surface area contributed by atoms with Crippen LogP contribution in [0.5, 0.6) is 0 Å². The van der Waals surface area contributed by atoms with Crippen molar-refractivity contribution >= 4 is 53.7 Å². The summed E-state index contributed by atoms with van der Waals surface area (Å²) in [5.41, 5.74) is 6.84. The van der Waals surface area contributed by atoms with Crippen molar-refractivity contribution in [1.82, 2.24) is 0 Å². The van der Waals surface area contributed by atoms with Crippen LogP contribution in [-0.4, -0.2) is 18.5 Å². The van der Waals surface area contributed by atoms with Crippen molar-refractivity contribution in [3.05, 3.63) is 23.2 Å². The minimum Gasteiger partial charge on any atom is -0.381 e. The molecule has 1 amide bonds. The molecule has 0 atom stereocenters. The summed E-state index contributed by atoms with van der Waals surface area (Å²) in [7, 11) is 0. The lowest BCUT2D eigenvalue weighted by molar-refractivity contribution is -0.114. The number of hydrogen-bond donors (Lipinski definition) is 3. The zero-order valence-electron chi connectivity index (χ0n) is 9.61. The summed E-state index contributed by atoms with van der Waals surface area (Å²) in [6.45, 7) is -0.0324. The van der Waals surface area contributed by atoms with E-state index < -0.39 is 0 Å². The number of amides is 1. The SMILES string of the molecule is Cl.Cl.NCC(=O)Nc1cc(Cl)ccc1NC1CC1. The molecule has 1 aliphatic carbocycles. The summed E-state index contributed by atoms with van der Waals surface area (Å²) in [6, 6.07) is 5.91. The van der Waals surface area contributed by atoms with Crippen LogP contribution in [0.3, 0.4) is 0 Å². The first kappa shape index (κ1) is 17.3. The summed E-state index contributed by atoms with van der Waals surface area (Å²) in [5.74, 6) is -0.221. The number of anilines is 2. The van der Waals surface area contributed by atoms with Crippen LogP contribution in [0, 0.1) is 0 Å². The fourth-order valence-corrected chi connectivity index (χ4v) is 1.57. The fourth-order valence-electron chi connectivity index (χ4n) is 1.39. The number of nitrogens with one attached hydrogen (secondary N) is 2. The Bertz CT molecular complexity index is 411. The molecule has 1 aromatic rings. The van der Waals surface area contributed by atoms with Crippen LogP contribution in [0.2, 0.25) is 5.02 Å². The predicted octanol–water partition coefficient (Wildman–Crippen LogP) is 2.66. The third-order valence-corrected chi connectivity index (χ3v) is 2.61. The van der Waals surface area contributed by atoms with Crippen molar-refractivity contribution in [2.75, 3.05) is 17.2 Å². The maximum atomic E-state index is 11.2. The van der Waals surface area contributed by atoms with Crippen LogP contribution >= 0.6 is 36.4 Å². The molecule has 0 unspecified atom stereocenters. The normalized spacial score (nSPS) is 13.0. The molecule has 1 fully saturated rings. The molecule has 4 nitrogen and oxygen atoms in total. The van der Waals surface area contributed by atoms with Gasteiger partial charge in [0, 0.05) is 11.1 Å². The summed E-state index contributed by atoms with van der Waals surface area (Å²) in [6.07, 6.45) is 2.35.